The van der Waals surface area contributed by atoms with Crippen molar-refractivity contribution >= 4 is 33.6 Å². The summed E-state index contributed by atoms with van der Waals surface area (Å²) in [5, 5.41) is 3.85. The van der Waals surface area contributed by atoms with Crippen LogP contribution >= 0.6 is 11.3 Å². The fourth-order valence-corrected chi connectivity index (χ4v) is 4.94. The molecule has 0 spiro atoms. The number of amides is 2. The van der Waals surface area contributed by atoms with Crippen LogP contribution in [0.4, 0.5) is 18.0 Å². The Morgan fingerprint density at radius 1 is 1.21 bits per heavy atom. The van der Waals surface area contributed by atoms with Gasteiger partial charge in [-0.1, -0.05) is 30.3 Å². The summed E-state index contributed by atoms with van der Waals surface area (Å²) in [6.45, 7) is 0.865. The van der Waals surface area contributed by atoms with E-state index in [1.807, 2.05) is 30.3 Å². The molecule has 0 unspecified atom stereocenters. The molecule has 6 nitrogen and oxygen atoms in total. The molecule has 1 aliphatic heterocycles. The molecular formula is C23H22F3N3O3S. The number of thiophene rings is 1. The quantitative estimate of drug-likeness (QED) is 0.561. The molecular weight excluding hydrogens is 455 g/mol. The fraction of sp³-hybridized carbons (Fsp3) is 0.348. The highest BCUT2D eigenvalue weighted by Gasteiger charge is 2.36. The maximum Gasteiger partial charge on any atom is 0.417 e. The number of ether oxygens (including phenoxy) is 1. The first-order valence-corrected chi connectivity index (χ1v) is 11.3. The summed E-state index contributed by atoms with van der Waals surface area (Å²) in [5.74, 6) is -0.735. The second-order valence-corrected chi connectivity index (χ2v) is 8.68. The number of likely N-dealkylation sites (tertiary alicyclic amines) is 1. The lowest BCUT2D eigenvalue weighted by molar-refractivity contribution is -0.136. The van der Waals surface area contributed by atoms with Gasteiger partial charge in [0.05, 0.1) is 21.3 Å². The molecule has 1 aromatic carbocycles. The fourth-order valence-electron chi connectivity index (χ4n) is 3.91. The van der Waals surface area contributed by atoms with E-state index in [0.29, 0.717) is 25.9 Å². The molecule has 0 atom stereocenters. The molecule has 4 rings (SSSR count). The van der Waals surface area contributed by atoms with Gasteiger partial charge < -0.3 is 15.0 Å². The van der Waals surface area contributed by atoms with E-state index in [1.54, 1.807) is 4.90 Å². The predicted molar refractivity (Wildman–Crippen MR) is 118 cm³/mol. The first-order valence-electron chi connectivity index (χ1n) is 10.4. The maximum absolute atomic E-state index is 13.8. The van der Waals surface area contributed by atoms with E-state index in [-0.39, 0.29) is 34.0 Å². The lowest BCUT2D eigenvalue weighted by Gasteiger charge is -2.31. The Balaban J connectivity index is 1.50. The van der Waals surface area contributed by atoms with Crippen molar-refractivity contribution in [3.8, 4) is 0 Å². The van der Waals surface area contributed by atoms with Crippen molar-refractivity contribution in [2.75, 3.05) is 20.1 Å². The summed E-state index contributed by atoms with van der Waals surface area (Å²) in [6, 6.07) is 10.4. The van der Waals surface area contributed by atoms with Crippen LogP contribution in [-0.2, 0) is 17.5 Å². The number of nitrogens with one attached hydrogen (secondary N) is 1. The van der Waals surface area contributed by atoms with Crippen LogP contribution in [0, 0.1) is 0 Å². The second kappa shape index (κ2) is 9.38. The zero-order valence-electron chi connectivity index (χ0n) is 17.8. The number of alkyl halides is 3. The number of pyridine rings is 1. The highest BCUT2D eigenvalue weighted by atomic mass is 32.1. The first kappa shape index (κ1) is 23.0. The third-order valence-corrected chi connectivity index (χ3v) is 6.70. The van der Waals surface area contributed by atoms with Crippen LogP contribution in [0.25, 0.3) is 10.2 Å². The third kappa shape index (κ3) is 4.95. The molecule has 1 N–H and O–H groups in total. The Kier molecular flexibility index (Phi) is 6.55. The molecule has 33 heavy (non-hydrogen) atoms. The van der Waals surface area contributed by atoms with Gasteiger partial charge in [-0.15, -0.1) is 11.3 Å². The Hall–Kier alpha value is -3.14. The van der Waals surface area contributed by atoms with Crippen molar-refractivity contribution in [2.24, 2.45) is 0 Å². The lowest BCUT2D eigenvalue weighted by atomic mass is 9.92. The van der Waals surface area contributed by atoms with Crippen molar-refractivity contribution in [3.63, 3.8) is 0 Å². The summed E-state index contributed by atoms with van der Waals surface area (Å²) < 4.78 is 46.6. The number of fused-ring (bicyclic) bond motifs is 1. The smallest absolute Gasteiger partial charge is 0.417 e. The summed E-state index contributed by atoms with van der Waals surface area (Å²) in [4.78, 5) is 30.5. The molecule has 2 aromatic heterocycles. The molecule has 0 aliphatic carbocycles. The Morgan fingerprint density at radius 2 is 1.91 bits per heavy atom. The molecule has 2 amide bonds. The number of benzene rings is 1. The van der Waals surface area contributed by atoms with E-state index < -0.39 is 23.7 Å². The van der Waals surface area contributed by atoms with E-state index in [4.69, 9.17) is 4.74 Å². The molecule has 0 radical (unpaired) electrons. The average molecular weight is 478 g/mol. The van der Waals surface area contributed by atoms with Crippen molar-refractivity contribution < 1.29 is 27.5 Å². The van der Waals surface area contributed by atoms with E-state index in [0.717, 1.165) is 23.0 Å². The van der Waals surface area contributed by atoms with E-state index in [1.165, 1.54) is 12.4 Å². The summed E-state index contributed by atoms with van der Waals surface area (Å²) in [7, 11) is 1.42. The highest BCUT2D eigenvalue weighted by Crippen LogP contribution is 2.41. The second-order valence-electron chi connectivity index (χ2n) is 7.80. The van der Waals surface area contributed by atoms with Gasteiger partial charge in [0.15, 0.2) is 0 Å². The average Bonchev–Trinajstić information content (AvgIpc) is 3.25. The minimum atomic E-state index is -4.57. The SMILES string of the molecule is CNC(=O)c1csc2c(C(F)(F)F)cc(C3CCN(C(=O)OCc4ccccc4)CC3)nc12. The van der Waals surface area contributed by atoms with Crippen LogP contribution in [0.5, 0.6) is 0 Å². The Bertz CT molecular complexity index is 1160. The monoisotopic (exact) mass is 477 g/mol. The van der Waals surface area contributed by atoms with Gasteiger partial charge in [-0.05, 0) is 24.5 Å². The molecule has 174 valence electrons. The summed E-state index contributed by atoms with van der Waals surface area (Å²) in [5.41, 5.74) is 0.573. The Labute approximate surface area is 192 Å². The normalized spacial score (nSPS) is 15.0. The minimum absolute atomic E-state index is 0.0493. The number of hydrogen-bond donors (Lipinski definition) is 1. The van der Waals surface area contributed by atoms with Crippen molar-refractivity contribution in [3.05, 3.63) is 64.2 Å². The summed E-state index contributed by atoms with van der Waals surface area (Å²) >= 11 is 0.862. The van der Waals surface area contributed by atoms with Gasteiger partial charge in [0.25, 0.3) is 5.91 Å². The van der Waals surface area contributed by atoms with Crippen LogP contribution in [0.15, 0.2) is 41.8 Å². The molecule has 0 bridgehead atoms. The molecule has 3 heterocycles. The van der Waals surface area contributed by atoms with Crippen LogP contribution < -0.4 is 5.32 Å². The number of rotatable bonds is 4. The van der Waals surface area contributed by atoms with Gasteiger partial charge in [0.2, 0.25) is 0 Å². The number of halogens is 3. The molecule has 10 heteroatoms. The van der Waals surface area contributed by atoms with Gasteiger partial charge in [-0.2, -0.15) is 13.2 Å². The van der Waals surface area contributed by atoms with Crippen molar-refractivity contribution in [2.45, 2.75) is 31.5 Å². The topological polar surface area (TPSA) is 71.5 Å². The zero-order chi connectivity index (χ0) is 23.6. The zero-order valence-corrected chi connectivity index (χ0v) is 18.6. The molecule has 1 aliphatic rings. The number of hydrogen-bond acceptors (Lipinski definition) is 5. The van der Waals surface area contributed by atoms with Crippen LogP contribution in [0.2, 0.25) is 0 Å². The van der Waals surface area contributed by atoms with E-state index in [9.17, 15) is 22.8 Å². The van der Waals surface area contributed by atoms with Crippen molar-refractivity contribution in [1.29, 1.82) is 0 Å². The number of carbonyl (C=O) groups excluding carboxylic acids is 2. The molecule has 0 saturated carbocycles. The lowest BCUT2D eigenvalue weighted by Crippen LogP contribution is -2.38. The van der Waals surface area contributed by atoms with Gasteiger partial charge in [-0.3, -0.25) is 9.78 Å². The van der Waals surface area contributed by atoms with Gasteiger partial charge in [0, 0.05) is 37.1 Å². The van der Waals surface area contributed by atoms with Crippen molar-refractivity contribution in [1.82, 2.24) is 15.2 Å². The third-order valence-electron chi connectivity index (χ3n) is 5.70. The van der Waals surface area contributed by atoms with Crippen LogP contribution in [0.1, 0.15) is 45.9 Å². The number of piperidine rings is 1. The van der Waals surface area contributed by atoms with E-state index in [2.05, 4.69) is 10.3 Å². The standard InChI is InChI=1S/C23H22F3N3O3S/c1-27-21(30)16-13-33-20-17(23(24,25)26)11-18(28-19(16)20)15-7-9-29(10-8-15)22(31)32-12-14-5-3-2-4-6-14/h2-6,11,13,15H,7-10,12H2,1H3,(H,27,30). The molecule has 1 saturated heterocycles. The van der Waals surface area contributed by atoms with E-state index >= 15 is 0 Å². The van der Waals surface area contributed by atoms with Gasteiger partial charge in [0.1, 0.15) is 6.61 Å². The number of carbonyl (C=O) groups is 2. The largest absolute Gasteiger partial charge is 0.445 e. The van der Waals surface area contributed by atoms with Crippen LogP contribution in [0.3, 0.4) is 0 Å². The van der Waals surface area contributed by atoms with Gasteiger partial charge >= 0.3 is 12.3 Å². The number of nitrogens with zero attached hydrogens (tertiary/aromatic N) is 2. The highest BCUT2D eigenvalue weighted by molar-refractivity contribution is 7.17. The van der Waals surface area contributed by atoms with Crippen LogP contribution in [-0.4, -0.2) is 42.0 Å². The van der Waals surface area contributed by atoms with Gasteiger partial charge in [-0.25, -0.2) is 4.79 Å². The first-order chi connectivity index (χ1) is 15.8. The summed E-state index contributed by atoms with van der Waals surface area (Å²) in [6.07, 6.45) is -4.11. The number of aromatic nitrogens is 1. The molecule has 1 fully saturated rings. The molecule has 3 aromatic rings. The Morgan fingerprint density at radius 3 is 2.55 bits per heavy atom. The minimum Gasteiger partial charge on any atom is -0.445 e. The maximum atomic E-state index is 13.8. The predicted octanol–water partition coefficient (Wildman–Crippen LogP) is 5.19.